The molecule has 0 aromatic heterocycles. The number of nitrogens with two attached hydrogens (primary N) is 1. The van der Waals surface area contributed by atoms with Crippen LogP contribution >= 0.6 is 0 Å². The minimum absolute atomic E-state index is 0.0921. The van der Waals surface area contributed by atoms with Crippen molar-refractivity contribution in [3.05, 3.63) is 0 Å². The lowest BCUT2D eigenvalue weighted by atomic mass is 9.82. The van der Waals surface area contributed by atoms with Crippen LogP contribution in [-0.4, -0.2) is 40.2 Å². The lowest BCUT2D eigenvalue weighted by Gasteiger charge is -2.34. The number of hydrogen-bond donors (Lipinski definition) is 4. The van der Waals surface area contributed by atoms with Gasteiger partial charge >= 0.3 is 0 Å². The summed E-state index contributed by atoms with van der Waals surface area (Å²) in [5.41, 5.74) is 5.57. The molecule has 0 amide bonds. The molecular formula is C7H15NO3. The second-order valence-electron chi connectivity index (χ2n) is 3.23. The molecule has 66 valence electrons. The molecule has 4 heteroatoms. The second kappa shape index (κ2) is 3.49. The highest BCUT2D eigenvalue weighted by Crippen LogP contribution is 2.23. The van der Waals surface area contributed by atoms with Gasteiger partial charge in [0, 0.05) is 18.6 Å². The summed E-state index contributed by atoms with van der Waals surface area (Å²) in [7, 11) is 0. The molecule has 4 unspecified atom stereocenters. The molecular weight excluding hydrogens is 146 g/mol. The Hall–Kier alpha value is -0.160. The van der Waals surface area contributed by atoms with E-state index in [1.807, 2.05) is 0 Å². The minimum atomic E-state index is -0.806. The van der Waals surface area contributed by atoms with E-state index < -0.39 is 12.2 Å². The standard InChI is InChI=1S/C7H15NO3/c8-5-1-4(3-9)7(11)6(10)2-5/h4-7,9-11H,1-3,8H2. The molecule has 0 radical (unpaired) electrons. The first-order valence-electron chi connectivity index (χ1n) is 3.87. The Labute approximate surface area is 65.6 Å². The van der Waals surface area contributed by atoms with E-state index in [0.717, 1.165) is 0 Å². The van der Waals surface area contributed by atoms with E-state index in [9.17, 15) is 10.2 Å². The molecule has 0 aromatic rings. The van der Waals surface area contributed by atoms with Gasteiger partial charge in [0.15, 0.2) is 0 Å². The fourth-order valence-electron chi connectivity index (χ4n) is 1.57. The molecule has 0 aromatic carbocycles. The summed E-state index contributed by atoms with van der Waals surface area (Å²) in [6, 6.07) is -0.0921. The monoisotopic (exact) mass is 161 g/mol. The SMILES string of the molecule is NC1CC(O)C(O)C(CO)C1. The van der Waals surface area contributed by atoms with E-state index in [4.69, 9.17) is 10.8 Å². The summed E-state index contributed by atoms with van der Waals surface area (Å²) in [6.45, 7) is -0.105. The molecule has 1 aliphatic carbocycles. The van der Waals surface area contributed by atoms with Gasteiger partial charge in [-0.2, -0.15) is 0 Å². The molecule has 1 rings (SSSR count). The third-order valence-corrected chi connectivity index (χ3v) is 2.26. The molecule has 0 aliphatic heterocycles. The quantitative estimate of drug-likeness (QED) is 0.374. The van der Waals surface area contributed by atoms with Crippen LogP contribution in [-0.2, 0) is 0 Å². The molecule has 11 heavy (non-hydrogen) atoms. The van der Waals surface area contributed by atoms with Crippen molar-refractivity contribution in [3.63, 3.8) is 0 Å². The zero-order valence-electron chi connectivity index (χ0n) is 6.35. The first-order chi connectivity index (χ1) is 5.15. The van der Waals surface area contributed by atoms with Gasteiger partial charge in [0.25, 0.3) is 0 Å². The van der Waals surface area contributed by atoms with Crippen molar-refractivity contribution in [2.45, 2.75) is 31.1 Å². The molecule has 0 spiro atoms. The molecule has 4 nitrogen and oxygen atoms in total. The summed E-state index contributed by atoms with van der Waals surface area (Å²) in [5, 5.41) is 27.3. The topological polar surface area (TPSA) is 86.7 Å². The van der Waals surface area contributed by atoms with Gasteiger partial charge in [0.05, 0.1) is 12.2 Å². The van der Waals surface area contributed by atoms with Crippen LogP contribution < -0.4 is 5.73 Å². The third-order valence-electron chi connectivity index (χ3n) is 2.26. The van der Waals surface area contributed by atoms with Crippen molar-refractivity contribution in [1.29, 1.82) is 0 Å². The largest absolute Gasteiger partial charge is 0.396 e. The Kier molecular flexibility index (Phi) is 2.84. The maximum absolute atomic E-state index is 9.29. The van der Waals surface area contributed by atoms with Crippen molar-refractivity contribution in [1.82, 2.24) is 0 Å². The van der Waals surface area contributed by atoms with Crippen LogP contribution in [0.25, 0.3) is 0 Å². The van der Waals surface area contributed by atoms with Crippen molar-refractivity contribution >= 4 is 0 Å². The number of rotatable bonds is 1. The molecule has 0 bridgehead atoms. The molecule has 1 aliphatic rings. The van der Waals surface area contributed by atoms with Crippen LogP contribution in [0.2, 0.25) is 0 Å². The fraction of sp³-hybridized carbons (Fsp3) is 1.00. The molecule has 5 N–H and O–H groups in total. The maximum Gasteiger partial charge on any atom is 0.0850 e. The van der Waals surface area contributed by atoms with Gasteiger partial charge in [-0.1, -0.05) is 0 Å². The average Bonchev–Trinajstić information content (AvgIpc) is 1.96. The molecule has 1 saturated carbocycles. The van der Waals surface area contributed by atoms with Crippen LogP contribution in [0.3, 0.4) is 0 Å². The normalized spacial score (nSPS) is 45.8. The van der Waals surface area contributed by atoms with Gasteiger partial charge in [0.2, 0.25) is 0 Å². The minimum Gasteiger partial charge on any atom is -0.396 e. The molecule has 0 saturated heterocycles. The smallest absolute Gasteiger partial charge is 0.0850 e. The van der Waals surface area contributed by atoms with E-state index in [2.05, 4.69) is 0 Å². The van der Waals surface area contributed by atoms with Gasteiger partial charge in [0.1, 0.15) is 0 Å². The highest BCUT2D eigenvalue weighted by molar-refractivity contribution is 4.87. The Morgan fingerprint density at radius 3 is 2.45 bits per heavy atom. The zero-order chi connectivity index (χ0) is 8.43. The first-order valence-corrected chi connectivity index (χ1v) is 3.87. The molecule has 4 atom stereocenters. The van der Waals surface area contributed by atoms with Gasteiger partial charge < -0.3 is 21.1 Å². The number of aliphatic hydroxyl groups is 3. The summed E-state index contributed by atoms with van der Waals surface area (Å²) >= 11 is 0. The van der Waals surface area contributed by atoms with Crippen molar-refractivity contribution in [2.24, 2.45) is 11.7 Å². The van der Waals surface area contributed by atoms with Crippen LogP contribution in [0.5, 0.6) is 0 Å². The fourth-order valence-corrected chi connectivity index (χ4v) is 1.57. The lowest BCUT2D eigenvalue weighted by Crippen LogP contribution is -2.47. The van der Waals surface area contributed by atoms with E-state index in [0.29, 0.717) is 12.8 Å². The predicted molar refractivity (Wildman–Crippen MR) is 39.8 cm³/mol. The molecule has 1 fully saturated rings. The van der Waals surface area contributed by atoms with E-state index in [1.165, 1.54) is 0 Å². The summed E-state index contributed by atoms with van der Waals surface area (Å²) in [4.78, 5) is 0. The summed E-state index contributed by atoms with van der Waals surface area (Å²) < 4.78 is 0. The van der Waals surface area contributed by atoms with Crippen molar-refractivity contribution in [2.75, 3.05) is 6.61 Å². The highest BCUT2D eigenvalue weighted by Gasteiger charge is 2.33. The van der Waals surface area contributed by atoms with Gasteiger partial charge in [-0.05, 0) is 12.8 Å². The van der Waals surface area contributed by atoms with Crippen LogP contribution in [0.15, 0.2) is 0 Å². The van der Waals surface area contributed by atoms with Crippen molar-refractivity contribution < 1.29 is 15.3 Å². The summed E-state index contributed by atoms with van der Waals surface area (Å²) in [6.07, 6.45) is -0.553. The van der Waals surface area contributed by atoms with E-state index >= 15 is 0 Å². The highest BCUT2D eigenvalue weighted by atomic mass is 16.3. The Morgan fingerprint density at radius 2 is 1.91 bits per heavy atom. The predicted octanol–water partition coefficient (Wildman–Crippen LogP) is -1.56. The lowest BCUT2D eigenvalue weighted by molar-refractivity contribution is -0.0637. The second-order valence-corrected chi connectivity index (χ2v) is 3.23. The Bertz CT molecular complexity index is 131. The maximum atomic E-state index is 9.29. The zero-order valence-corrected chi connectivity index (χ0v) is 6.35. The molecule has 0 heterocycles. The number of hydrogen-bond acceptors (Lipinski definition) is 4. The van der Waals surface area contributed by atoms with Crippen molar-refractivity contribution in [3.8, 4) is 0 Å². The van der Waals surface area contributed by atoms with E-state index in [1.54, 1.807) is 0 Å². The Balaban J connectivity index is 2.51. The third kappa shape index (κ3) is 1.90. The van der Waals surface area contributed by atoms with E-state index in [-0.39, 0.29) is 18.6 Å². The Morgan fingerprint density at radius 1 is 1.27 bits per heavy atom. The van der Waals surface area contributed by atoms with Crippen LogP contribution in [0.4, 0.5) is 0 Å². The summed E-state index contributed by atoms with van der Waals surface area (Å²) in [5.74, 6) is -0.256. The first kappa shape index (κ1) is 8.93. The van der Waals surface area contributed by atoms with Gasteiger partial charge in [-0.15, -0.1) is 0 Å². The van der Waals surface area contributed by atoms with Gasteiger partial charge in [-0.3, -0.25) is 0 Å². The van der Waals surface area contributed by atoms with Gasteiger partial charge in [-0.25, -0.2) is 0 Å². The van der Waals surface area contributed by atoms with Crippen LogP contribution in [0.1, 0.15) is 12.8 Å². The number of aliphatic hydroxyl groups excluding tert-OH is 3. The average molecular weight is 161 g/mol. The van der Waals surface area contributed by atoms with Crippen LogP contribution in [0, 0.1) is 5.92 Å².